The van der Waals surface area contributed by atoms with Crippen LogP contribution in [-0.4, -0.2) is 4.98 Å². The van der Waals surface area contributed by atoms with Crippen molar-refractivity contribution in [2.24, 2.45) is 0 Å². The number of aromatic nitrogens is 1. The molecule has 0 aromatic carbocycles. The van der Waals surface area contributed by atoms with E-state index < -0.39 is 6.43 Å². The van der Waals surface area contributed by atoms with Crippen molar-refractivity contribution < 1.29 is 8.78 Å². The van der Waals surface area contributed by atoms with Gasteiger partial charge in [0.1, 0.15) is 10.3 Å². The fourth-order valence-corrected chi connectivity index (χ4v) is 1.41. The van der Waals surface area contributed by atoms with E-state index in [1.165, 1.54) is 6.07 Å². The molecule has 0 radical (unpaired) electrons. The van der Waals surface area contributed by atoms with Crippen LogP contribution in [0.2, 0.25) is 5.02 Å². The minimum Gasteiger partial charge on any atom is -0.240 e. The van der Waals surface area contributed by atoms with E-state index in [4.69, 9.17) is 11.6 Å². The van der Waals surface area contributed by atoms with Crippen LogP contribution in [-0.2, 0) is 0 Å². The van der Waals surface area contributed by atoms with Gasteiger partial charge in [0.2, 0.25) is 0 Å². The number of alkyl halides is 2. The predicted octanol–water partition coefficient (Wildman–Crippen LogP) is 3.74. The summed E-state index contributed by atoms with van der Waals surface area (Å²) >= 11 is 8.70. The van der Waals surface area contributed by atoms with E-state index in [-0.39, 0.29) is 5.69 Å². The van der Waals surface area contributed by atoms with Gasteiger partial charge in [-0.1, -0.05) is 11.6 Å². The minimum absolute atomic E-state index is 0.298. The standard InChI is InChI=1S/C7H5BrClF2N/c1-3-4(9)2-5(7(10)11)12-6(3)8/h2,7H,1H3. The average Bonchev–Trinajstić information content (AvgIpc) is 1.99. The molecule has 1 aromatic rings. The second-order valence-electron chi connectivity index (χ2n) is 2.25. The van der Waals surface area contributed by atoms with Crippen LogP contribution in [0.5, 0.6) is 0 Å². The molecule has 0 unspecified atom stereocenters. The Balaban J connectivity index is 3.21. The van der Waals surface area contributed by atoms with Crippen molar-refractivity contribution in [3.8, 4) is 0 Å². The molecule has 0 spiro atoms. The Labute approximate surface area is 81.9 Å². The van der Waals surface area contributed by atoms with E-state index in [0.717, 1.165) is 0 Å². The van der Waals surface area contributed by atoms with Crippen LogP contribution in [0, 0.1) is 6.92 Å². The average molecular weight is 256 g/mol. The van der Waals surface area contributed by atoms with Gasteiger partial charge in [-0.15, -0.1) is 0 Å². The van der Waals surface area contributed by atoms with Crippen LogP contribution in [0.4, 0.5) is 8.78 Å². The third-order valence-electron chi connectivity index (χ3n) is 1.39. The molecule has 0 aliphatic carbocycles. The van der Waals surface area contributed by atoms with E-state index in [2.05, 4.69) is 20.9 Å². The minimum atomic E-state index is -2.58. The molecule has 0 saturated carbocycles. The summed E-state index contributed by atoms with van der Waals surface area (Å²) in [6.07, 6.45) is -2.58. The second-order valence-corrected chi connectivity index (χ2v) is 3.40. The number of rotatable bonds is 1. The molecule has 1 rings (SSSR count). The highest BCUT2D eigenvalue weighted by Gasteiger charge is 2.12. The molecule has 0 aliphatic rings. The van der Waals surface area contributed by atoms with Crippen LogP contribution in [0.3, 0.4) is 0 Å². The van der Waals surface area contributed by atoms with Crippen molar-refractivity contribution in [1.82, 2.24) is 4.98 Å². The zero-order valence-electron chi connectivity index (χ0n) is 6.11. The van der Waals surface area contributed by atoms with Crippen LogP contribution in [0.15, 0.2) is 10.7 Å². The van der Waals surface area contributed by atoms with E-state index in [1.54, 1.807) is 6.92 Å². The van der Waals surface area contributed by atoms with E-state index in [9.17, 15) is 8.78 Å². The molecule has 1 nitrogen and oxygen atoms in total. The van der Waals surface area contributed by atoms with Crippen molar-refractivity contribution in [2.45, 2.75) is 13.3 Å². The zero-order valence-corrected chi connectivity index (χ0v) is 8.46. The maximum Gasteiger partial charge on any atom is 0.280 e. The fourth-order valence-electron chi connectivity index (χ4n) is 0.678. The Hall–Kier alpha value is -0.220. The van der Waals surface area contributed by atoms with Crippen LogP contribution in [0.1, 0.15) is 17.7 Å². The first-order valence-corrected chi connectivity index (χ1v) is 4.30. The number of halogens is 4. The smallest absolute Gasteiger partial charge is 0.240 e. The summed E-state index contributed by atoms with van der Waals surface area (Å²) in [5, 5.41) is 0.298. The molecule has 0 fully saturated rings. The summed E-state index contributed by atoms with van der Waals surface area (Å²) in [6.45, 7) is 1.70. The van der Waals surface area contributed by atoms with Crippen LogP contribution >= 0.6 is 27.5 Å². The Morgan fingerprint density at radius 2 is 2.17 bits per heavy atom. The summed E-state index contributed by atoms with van der Waals surface area (Å²) < 4.78 is 24.6. The molecule has 0 atom stereocenters. The summed E-state index contributed by atoms with van der Waals surface area (Å²) in [4.78, 5) is 3.62. The lowest BCUT2D eigenvalue weighted by Gasteiger charge is -2.03. The number of hydrogen-bond donors (Lipinski definition) is 0. The van der Waals surface area contributed by atoms with Gasteiger partial charge >= 0.3 is 0 Å². The SMILES string of the molecule is Cc1c(Cl)cc(C(F)F)nc1Br. The molecule has 0 N–H and O–H groups in total. The molecular formula is C7H5BrClF2N. The summed E-state index contributed by atoms with van der Waals surface area (Å²) in [6, 6.07) is 1.17. The Kier molecular flexibility index (Phi) is 3.01. The van der Waals surface area contributed by atoms with Gasteiger partial charge in [0.15, 0.2) is 0 Å². The number of hydrogen-bond acceptors (Lipinski definition) is 1. The lowest BCUT2D eigenvalue weighted by molar-refractivity contribution is 0.146. The topological polar surface area (TPSA) is 12.9 Å². The lowest BCUT2D eigenvalue weighted by Crippen LogP contribution is -1.93. The van der Waals surface area contributed by atoms with Crippen molar-refractivity contribution in [3.63, 3.8) is 0 Å². The monoisotopic (exact) mass is 255 g/mol. The fraction of sp³-hybridized carbons (Fsp3) is 0.286. The second kappa shape index (κ2) is 3.66. The highest BCUT2D eigenvalue weighted by Crippen LogP contribution is 2.27. The molecule has 12 heavy (non-hydrogen) atoms. The van der Waals surface area contributed by atoms with E-state index >= 15 is 0 Å². The predicted molar refractivity (Wildman–Crippen MR) is 46.6 cm³/mol. The van der Waals surface area contributed by atoms with Gasteiger partial charge in [-0.3, -0.25) is 0 Å². The molecule has 0 bridgehead atoms. The number of pyridine rings is 1. The molecule has 1 aromatic heterocycles. The first-order chi connectivity index (χ1) is 5.52. The van der Waals surface area contributed by atoms with E-state index in [1.807, 2.05) is 0 Å². The third kappa shape index (κ3) is 1.93. The Bertz CT molecular complexity index is 280. The summed E-state index contributed by atoms with van der Waals surface area (Å²) in [5.41, 5.74) is 0.360. The quantitative estimate of drug-likeness (QED) is 0.698. The maximum absolute atomic E-state index is 12.1. The molecule has 5 heteroatoms. The highest BCUT2D eigenvalue weighted by molar-refractivity contribution is 9.10. The molecular weight excluding hydrogens is 251 g/mol. The third-order valence-corrected chi connectivity index (χ3v) is 2.56. The van der Waals surface area contributed by atoms with Gasteiger partial charge in [-0.2, -0.15) is 0 Å². The first kappa shape index (κ1) is 9.86. The van der Waals surface area contributed by atoms with Gasteiger partial charge < -0.3 is 0 Å². The van der Waals surface area contributed by atoms with Crippen molar-refractivity contribution in [2.75, 3.05) is 0 Å². The van der Waals surface area contributed by atoms with Crippen LogP contribution in [0.25, 0.3) is 0 Å². The van der Waals surface area contributed by atoms with Crippen molar-refractivity contribution in [1.29, 1.82) is 0 Å². The normalized spacial score (nSPS) is 10.8. The molecule has 1 heterocycles. The van der Waals surface area contributed by atoms with Crippen molar-refractivity contribution >= 4 is 27.5 Å². The molecule has 0 aliphatic heterocycles. The highest BCUT2D eigenvalue weighted by atomic mass is 79.9. The Morgan fingerprint density at radius 3 is 2.58 bits per heavy atom. The van der Waals surface area contributed by atoms with E-state index in [0.29, 0.717) is 15.2 Å². The maximum atomic E-state index is 12.1. The largest absolute Gasteiger partial charge is 0.280 e. The van der Waals surface area contributed by atoms with Crippen LogP contribution < -0.4 is 0 Å². The number of nitrogens with zero attached hydrogens (tertiary/aromatic N) is 1. The van der Waals surface area contributed by atoms with Gasteiger partial charge in [-0.25, -0.2) is 13.8 Å². The first-order valence-electron chi connectivity index (χ1n) is 3.13. The van der Waals surface area contributed by atoms with Gasteiger partial charge in [-0.05, 0) is 28.9 Å². The lowest BCUT2D eigenvalue weighted by atomic mass is 10.3. The summed E-state index contributed by atoms with van der Waals surface area (Å²) in [7, 11) is 0. The molecule has 66 valence electrons. The van der Waals surface area contributed by atoms with Gasteiger partial charge in [0.25, 0.3) is 6.43 Å². The van der Waals surface area contributed by atoms with Gasteiger partial charge in [0.05, 0.1) is 0 Å². The summed E-state index contributed by atoms with van der Waals surface area (Å²) in [5.74, 6) is 0. The molecule has 0 amide bonds. The zero-order chi connectivity index (χ0) is 9.30. The molecule has 0 saturated heterocycles. The Morgan fingerprint density at radius 1 is 1.58 bits per heavy atom. The van der Waals surface area contributed by atoms with Crippen molar-refractivity contribution in [3.05, 3.63) is 26.9 Å². The van der Waals surface area contributed by atoms with Gasteiger partial charge in [0, 0.05) is 10.6 Å².